The van der Waals surface area contributed by atoms with Gasteiger partial charge in [-0.25, -0.2) is 14.1 Å². The van der Waals surface area contributed by atoms with E-state index in [2.05, 4.69) is 51.5 Å². The van der Waals surface area contributed by atoms with Gasteiger partial charge in [-0.15, -0.1) is 5.10 Å². The molecule has 0 aliphatic rings. The number of H-pyrrole nitrogens is 1. The van der Waals surface area contributed by atoms with Crippen molar-refractivity contribution in [3.8, 4) is 17.1 Å². The zero-order chi connectivity index (χ0) is 18.6. The molecule has 0 unspecified atom stereocenters. The van der Waals surface area contributed by atoms with Crippen LogP contribution >= 0.6 is 11.8 Å². The highest BCUT2D eigenvalue weighted by Gasteiger charge is 2.08. The van der Waals surface area contributed by atoms with Crippen LogP contribution in [0.2, 0.25) is 0 Å². The highest BCUT2D eigenvalue weighted by atomic mass is 32.2. The highest BCUT2D eigenvalue weighted by Crippen LogP contribution is 2.22. The first kappa shape index (κ1) is 17.5. The Morgan fingerprint density at radius 2 is 1.96 bits per heavy atom. The summed E-state index contributed by atoms with van der Waals surface area (Å²) in [5, 5.41) is 12.4. The van der Waals surface area contributed by atoms with Gasteiger partial charge in [0.1, 0.15) is 5.82 Å². The standard InChI is InChI=1S/C20H18FN5S/c1-2-14-6-8-15(9-7-14)19-22-20(24-23-19)27-13-17-10-11-26(25-17)18-5-3-4-16(21)12-18/h3-12H,2,13H2,1H3,(H,22,23,24). The number of rotatable bonds is 6. The summed E-state index contributed by atoms with van der Waals surface area (Å²) in [6.07, 6.45) is 2.84. The predicted molar refractivity (Wildman–Crippen MR) is 104 cm³/mol. The molecule has 5 nitrogen and oxygen atoms in total. The maximum absolute atomic E-state index is 13.3. The summed E-state index contributed by atoms with van der Waals surface area (Å²) in [7, 11) is 0. The minimum absolute atomic E-state index is 0.279. The lowest BCUT2D eigenvalue weighted by molar-refractivity contribution is 0.625. The molecule has 136 valence electrons. The molecule has 27 heavy (non-hydrogen) atoms. The van der Waals surface area contributed by atoms with Crippen LogP contribution in [0.5, 0.6) is 0 Å². The van der Waals surface area contributed by atoms with Gasteiger partial charge in [-0.05, 0) is 36.2 Å². The minimum atomic E-state index is -0.279. The molecule has 0 aliphatic heterocycles. The van der Waals surface area contributed by atoms with Crippen molar-refractivity contribution < 1.29 is 4.39 Å². The first-order valence-corrected chi connectivity index (χ1v) is 9.65. The van der Waals surface area contributed by atoms with Crippen molar-refractivity contribution in [2.75, 3.05) is 0 Å². The number of hydrogen-bond donors (Lipinski definition) is 1. The molecule has 0 fully saturated rings. The van der Waals surface area contributed by atoms with Gasteiger partial charge in [-0.1, -0.05) is 49.0 Å². The first-order valence-electron chi connectivity index (χ1n) is 8.66. The Hall–Kier alpha value is -2.93. The number of aromatic nitrogens is 5. The fourth-order valence-electron chi connectivity index (χ4n) is 2.68. The van der Waals surface area contributed by atoms with Crippen molar-refractivity contribution in [3.05, 3.63) is 77.9 Å². The molecule has 0 amide bonds. The van der Waals surface area contributed by atoms with Gasteiger partial charge in [-0.3, -0.25) is 5.10 Å². The van der Waals surface area contributed by atoms with Gasteiger partial charge >= 0.3 is 0 Å². The van der Waals surface area contributed by atoms with Crippen molar-refractivity contribution in [1.82, 2.24) is 25.0 Å². The second-order valence-corrected chi connectivity index (χ2v) is 6.98. The zero-order valence-corrected chi connectivity index (χ0v) is 15.6. The van der Waals surface area contributed by atoms with Crippen LogP contribution in [0.1, 0.15) is 18.2 Å². The molecule has 2 aromatic carbocycles. The Balaban J connectivity index is 1.41. The van der Waals surface area contributed by atoms with Gasteiger partial charge < -0.3 is 0 Å². The lowest BCUT2D eigenvalue weighted by Gasteiger charge is -2.00. The zero-order valence-electron chi connectivity index (χ0n) is 14.8. The molecule has 0 atom stereocenters. The largest absolute Gasteiger partial charge is 0.258 e. The predicted octanol–water partition coefficient (Wildman–Crippen LogP) is 4.65. The lowest BCUT2D eigenvalue weighted by atomic mass is 10.1. The number of halogens is 1. The first-order chi connectivity index (χ1) is 13.2. The molecule has 1 N–H and O–H groups in total. The Labute approximate surface area is 160 Å². The fourth-order valence-corrected chi connectivity index (χ4v) is 3.37. The number of nitrogens with zero attached hydrogens (tertiary/aromatic N) is 4. The van der Waals surface area contributed by atoms with Gasteiger partial charge in [0.2, 0.25) is 5.16 Å². The normalized spacial score (nSPS) is 11.0. The summed E-state index contributed by atoms with van der Waals surface area (Å²) in [4.78, 5) is 4.54. The van der Waals surface area contributed by atoms with Gasteiger partial charge in [-0.2, -0.15) is 5.10 Å². The van der Waals surface area contributed by atoms with Crippen LogP contribution in [0.3, 0.4) is 0 Å². The van der Waals surface area contributed by atoms with Crippen LogP contribution < -0.4 is 0 Å². The number of benzene rings is 2. The number of aromatic amines is 1. The smallest absolute Gasteiger partial charge is 0.209 e. The topological polar surface area (TPSA) is 59.4 Å². The molecule has 2 heterocycles. The molecule has 0 bridgehead atoms. The molecule has 0 spiro atoms. The lowest BCUT2D eigenvalue weighted by Crippen LogP contribution is -1.96. The van der Waals surface area contributed by atoms with E-state index < -0.39 is 0 Å². The minimum Gasteiger partial charge on any atom is -0.258 e. The van der Waals surface area contributed by atoms with E-state index in [-0.39, 0.29) is 5.82 Å². The quantitative estimate of drug-likeness (QED) is 0.495. The summed E-state index contributed by atoms with van der Waals surface area (Å²) in [6, 6.07) is 16.6. The van der Waals surface area contributed by atoms with Crippen LogP contribution in [-0.4, -0.2) is 25.0 Å². The summed E-state index contributed by atoms with van der Waals surface area (Å²) >= 11 is 1.50. The summed E-state index contributed by atoms with van der Waals surface area (Å²) < 4.78 is 15.0. The third-order valence-electron chi connectivity index (χ3n) is 4.17. The molecule has 2 aromatic heterocycles. The average Bonchev–Trinajstić information content (AvgIpc) is 3.36. The van der Waals surface area contributed by atoms with Crippen LogP contribution in [0.25, 0.3) is 17.1 Å². The number of nitrogens with one attached hydrogen (secondary N) is 1. The highest BCUT2D eigenvalue weighted by molar-refractivity contribution is 7.98. The van der Waals surface area contributed by atoms with E-state index in [1.54, 1.807) is 10.7 Å². The Morgan fingerprint density at radius 1 is 1.11 bits per heavy atom. The second-order valence-electron chi connectivity index (χ2n) is 6.04. The maximum atomic E-state index is 13.3. The van der Waals surface area contributed by atoms with Crippen molar-refractivity contribution in [2.45, 2.75) is 24.3 Å². The monoisotopic (exact) mass is 379 g/mol. The summed E-state index contributed by atoms with van der Waals surface area (Å²) in [6.45, 7) is 2.13. The van der Waals surface area contributed by atoms with E-state index in [9.17, 15) is 4.39 Å². The number of aryl methyl sites for hydroxylation is 1. The molecule has 4 rings (SSSR count). The van der Waals surface area contributed by atoms with Crippen molar-refractivity contribution >= 4 is 11.8 Å². The molecular weight excluding hydrogens is 361 g/mol. The Morgan fingerprint density at radius 3 is 2.74 bits per heavy atom. The van der Waals surface area contributed by atoms with E-state index in [1.807, 2.05) is 18.3 Å². The molecule has 0 saturated heterocycles. The maximum Gasteiger partial charge on any atom is 0.209 e. The SMILES string of the molecule is CCc1ccc(-c2nc(SCc3ccn(-c4cccc(F)c4)n3)n[nH]2)cc1. The third kappa shape index (κ3) is 4.09. The Bertz CT molecular complexity index is 1040. The molecule has 0 saturated carbocycles. The van der Waals surface area contributed by atoms with E-state index in [4.69, 9.17) is 0 Å². The van der Waals surface area contributed by atoms with E-state index >= 15 is 0 Å². The molecule has 0 radical (unpaired) electrons. The third-order valence-corrected chi connectivity index (χ3v) is 5.05. The number of hydrogen-bond acceptors (Lipinski definition) is 4. The van der Waals surface area contributed by atoms with Crippen LogP contribution in [0.4, 0.5) is 4.39 Å². The van der Waals surface area contributed by atoms with Gasteiger partial charge in [0, 0.05) is 17.5 Å². The van der Waals surface area contributed by atoms with Crippen LogP contribution in [0.15, 0.2) is 66.0 Å². The molecule has 4 aromatic rings. The van der Waals surface area contributed by atoms with Crippen molar-refractivity contribution in [2.24, 2.45) is 0 Å². The van der Waals surface area contributed by atoms with Gasteiger partial charge in [0.25, 0.3) is 0 Å². The average molecular weight is 379 g/mol. The van der Waals surface area contributed by atoms with Crippen molar-refractivity contribution in [1.29, 1.82) is 0 Å². The number of thioether (sulfide) groups is 1. The van der Waals surface area contributed by atoms with Crippen LogP contribution in [0, 0.1) is 5.82 Å². The second kappa shape index (κ2) is 7.75. The summed E-state index contributed by atoms with van der Waals surface area (Å²) in [5.41, 5.74) is 3.88. The molecular formula is C20H18FN5S. The molecule has 7 heteroatoms. The van der Waals surface area contributed by atoms with Crippen LogP contribution in [-0.2, 0) is 12.2 Å². The fraction of sp³-hybridized carbons (Fsp3) is 0.150. The van der Waals surface area contributed by atoms with Crippen molar-refractivity contribution in [3.63, 3.8) is 0 Å². The van der Waals surface area contributed by atoms with E-state index in [0.29, 0.717) is 16.6 Å². The molecule has 0 aliphatic carbocycles. The van der Waals surface area contributed by atoms with Gasteiger partial charge in [0.15, 0.2) is 5.82 Å². The van der Waals surface area contributed by atoms with E-state index in [1.165, 1.54) is 29.5 Å². The Kier molecular flexibility index (Phi) is 5.02. The summed E-state index contributed by atoms with van der Waals surface area (Å²) in [5.74, 6) is 1.11. The van der Waals surface area contributed by atoms with Gasteiger partial charge in [0.05, 0.1) is 11.4 Å². The van der Waals surface area contributed by atoms with E-state index in [0.717, 1.165) is 23.5 Å².